The molecule has 1 saturated heterocycles. The first-order chi connectivity index (χ1) is 36.9. The predicted octanol–water partition coefficient (Wildman–Crippen LogP) is 17.9. The average Bonchev–Trinajstić information content (AvgIpc) is 4.26. The fourth-order valence-corrected chi connectivity index (χ4v) is 11.6. The fraction of sp³-hybridized carbons (Fsp3) is 0.0938. The fourth-order valence-electron chi connectivity index (χ4n) is 10.5. The summed E-state index contributed by atoms with van der Waals surface area (Å²) in [6.45, 7) is 8.33. The molecule has 0 spiro atoms. The van der Waals surface area contributed by atoms with Crippen molar-refractivity contribution in [1.29, 1.82) is 0 Å². The third-order valence-electron chi connectivity index (χ3n) is 14.9. The van der Waals surface area contributed by atoms with Gasteiger partial charge in [0.25, 0.3) is 0 Å². The van der Waals surface area contributed by atoms with Crippen molar-refractivity contribution in [1.82, 2.24) is 19.1 Å². The predicted molar refractivity (Wildman–Crippen MR) is 327 cm³/mol. The van der Waals surface area contributed by atoms with Crippen LogP contribution in [0.5, 0.6) is 0 Å². The Hall–Kier alpha value is -7.07. The summed E-state index contributed by atoms with van der Waals surface area (Å²) >= 11 is 9.29. The normalized spacial score (nSPS) is 14.1. The molecule has 0 N–H and O–H groups in total. The number of halogens is 3. The SMILES string of the molecule is Brc1ccc2c(c1)oc1ccc(-c3ccc4c(c3)c3ccccc3n4-c3cccnc3)cc12.Brc1ccc2c(c1)oc1ccc(I)cc12.CC1(C)OB(c2ccc3c(c2)c2ccccc2n3-c2cccnc2)OC1(C)C. The van der Waals surface area contributed by atoms with Gasteiger partial charge >= 0.3 is 7.12 Å². The van der Waals surface area contributed by atoms with Gasteiger partial charge in [0.2, 0.25) is 0 Å². The molecule has 76 heavy (non-hydrogen) atoms. The lowest BCUT2D eigenvalue weighted by atomic mass is 9.78. The molecule has 370 valence electrons. The quantitative estimate of drug-likeness (QED) is 0.129. The van der Waals surface area contributed by atoms with E-state index in [0.29, 0.717) is 0 Å². The Balaban J connectivity index is 0.000000116. The Morgan fingerprint density at radius 2 is 0.895 bits per heavy atom. The van der Waals surface area contributed by atoms with Crippen molar-refractivity contribution >= 4 is 155 Å². The molecule has 0 aliphatic carbocycles. The topological polar surface area (TPSA) is 80.4 Å². The highest BCUT2D eigenvalue weighted by atomic mass is 127. The number of nitrogens with zero attached hydrogens (tertiary/aromatic N) is 4. The summed E-state index contributed by atoms with van der Waals surface area (Å²) in [5, 5.41) is 9.48. The molecule has 1 fully saturated rings. The second-order valence-electron chi connectivity index (χ2n) is 20.1. The van der Waals surface area contributed by atoms with Gasteiger partial charge in [-0.25, -0.2) is 0 Å². The molecule has 14 aromatic rings. The Bertz CT molecular complexity index is 4530. The molecule has 0 radical (unpaired) electrons. The third-order valence-corrected chi connectivity index (χ3v) is 16.5. The smallest absolute Gasteiger partial charge is 0.456 e. The van der Waals surface area contributed by atoms with Crippen LogP contribution in [0.4, 0.5) is 0 Å². The number of fused-ring (bicyclic) bond motifs is 12. The van der Waals surface area contributed by atoms with E-state index in [-0.39, 0.29) is 18.3 Å². The van der Waals surface area contributed by atoms with Gasteiger partial charge in [0.15, 0.2) is 0 Å². The molecule has 15 rings (SSSR count). The first-order valence-electron chi connectivity index (χ1n) is 25.0. The molecule has 12 heteroatoms. The minimum absolute atomic E-state index is 0.351. The lowest BCUT2D eigenvalue weighted by molar-refractivity contribution is 0.00578. The summed E-state index contributed by atoms with van der Waals surface area (Å²) in [5.41, 5.74) is 13.2. The van der Waals surface area contributed by atoms with E-state index in [1.54, 1.807) is 6.20 Å². The van der Waals surface area contributed by atoms with Crippen LogP contribution in [0.25, 0.3) is 110 Å². The standard InChI is InChI=1S/C29H17BrN2O.C23H23BN2O2.C12H6BrIO/c30-20-9-10-23-25-15-19(8-12-28(25)33-29(23)16-20)18-7-11-27-24(14-18)22-5-1-2-6-26(22)32(27)21-4-3-13-31-17-21;1-22(2)23(3,4)28-24(27-22)16-11-12-21-19(14-16)18-9-5-6-10-20(18)26(21)17-8-7-13-25-15-17;13-7-1-3-9-10-6-8(14)2-4-11(10)15-12(9)5-7/h1-17H;5-15H,1-4H3;1-6H. The van der Waals surface area contributed by atoms with Crippen LogP contribution < -0.4 is 5.46 Å². The van der Waals surface area contributed by atoms with Gasteiger partial charge in [0.1, 0.15) is 22.3 Å². The summed E-state index contributed by atoms with van der Waals surface area (Å²) in [4.78, 5) is 8.65. The van der Waals surface area contributed by atoms with Crippen LogP contribution in [-0.4, -0.2) is 37.4 Å². The maximum absolute atomic E-state index is 6.26. The number of aromatic nitrogens is 4. The lowest BCUT2D eigenvalue weighted by Gasteiger charge is -2.32. The summed E-state index contributed by atoms with van der Waals surface area (Å²) < 4.78 is 32.2. The summed E-state index contributed by atoms with van der Waals surface area (Å²) in [6.07, 6.45) is 7.42. The van der Waals surface area contributed by atoms with Crippen LogP contribution in [0.2, 0.25) is 0 Å². The number of hydrogen-bond donors (Lipinski definition) is 0. The summed E-state index contributed by atoms with van der Waals surface area (Å²) in [5.74, 6) is 0. The first-order valence-corrected chi connectivity index (χ1v) is 27.7. The number of para-hydroxylation sites is 2. The molecule has 7 heterocycles. The van der Waals surface area contributed by atoms with Gasteiger partial charge in [-0.3, -0.25) is 9.97 Å². The van der Waals surface area contributed by atoms with Gasteiger partial charge in [0, 0.05) is 68.0 Å². The van der Waals surface area contributed by atoms with Gasteiger partial charge < -0.3 is 27.3 Å². The van der Waals surface area contributed by atoms with E-state index in [4.69, 9.17) is 18.1 Å². The van der Waals surface area contributed by atoms with Crippen molar-refractivity contribution < 1.29 is 18.1 Å². The third kappa shape index (κ3) is 8.60. The van der Waals surface area contributed by atoms with Gasteiger partial charge in [-0.2, -0.15) is 0 Å². The first kappa shape index (κ1) is 48.6. The molecule has 0 bridgehead atoms. The van der Waals surface area contributed by atoms with Crippen LogP contribution in [0, 0.1) is 3.57 Å². The maximum atomic E-state index is 6.26. The van der Waals surface area contributed by atoms with Crippen molar-refractivity contribution in [2.75, 3.05) is 0 Å². The second kappa shape index (κ2) is 19.2. The highest BCUT2D eigenvalue weighted by molar-refractivity contribution is 14.1. The van der Waals surface area contributed by atoms with E-state index in [2.05, 4.69) is 247 Å². The molecule has 8 nitrogen and oxygen atoms in total. The molecular weight excluding hydrogens is 1190 g/mol. The van der Waals surface area contributed by atoms with Crippen LogP contribution in [0.15, 0.2) is 225 Å². The van der Waals surface area contributed by atoms with E-state index < -0.39 is 0 Å². The zero-order chi connectivity index (χ0) is 51.9. The number of benzene rings is 8. The molecule has 1 aliphatic rings. The maximum Gasteiger partial charge on any atom is 0.494 e. The van der Waals surface area contributed by atoms with E-state index in [1.165, 1.54) is 58.0 Å². The zero-order valence-electron chi connectivity index (χ0n) is 41.8. The average molecular weight is 1230 g/mol. The van der Waals surface area contributed by atoms with E-state index in [1.807, 2.05) is 55.0 Å². The van der Waals surface area contributed by atoms with Crippen LogP contribution in [-0.2, 0) is 9.31 Å². The largest absolute Gasteiger partial charge is 0.494 e. The van der Waals surface area contributed by atoms with Crippen molar-refractivity contribution in [3.05, 3.63) is 219 Å². The molecule has 6 aromatic heterocycles. The minimum Gasteiger partial charge on any atom is -0.456 e. The molecule has 0 atom stereocenters. The van der Waals surface area contributed by atoms with E-state index >= 15 is 0 Å². The Morgan fingerprint density at radius 3 is 1.45 bits per heavy atom. The van der Waals surface area contributed by atoms with Crippen molar-refractivity contribution in [3.8, 4) is 22.5 Å². The molecular formula is C64H46BBr2IN4O4. The molecule has 8 aromatic carbocycles. The van der Waals surface area contributed by atoms with Crippen molar-refractivity contribution in [2.24, 2.45) is 0 Å². The van der Waals surface area contributed by atoms with Gasteiger partial charge in [-0.15, -0.1) is 0 Å². The molecule has 0 amide bonds. The number of pyridine rings is 2. The minimum atomic E-state index is -0.366. The van der Waals surface area contributed by atoms with Crippen LogP contribution in [0.3, 0.4) is 0 Å². The Labute approximate surface area is 468 Å². The number of furan rings is 2. The van der Waals surface area contributed by atoms with Gasteiger partial charge in [-0.1, -0.05) is 92.5 Å². The van der Waals surface area contributed by atoms with Crippen molar-refractivity contribution in [2.45, 2.75) is 38.9 Å². The molecule has 1 aliphatic heterocycles. The van der Waals surface area contributed by atoms with E-state index in [0.717, 1.165) is 69.9 Å². The Kier molecular flexibility index (Phi) is 12.3. The second-order valence-corrected chi connectivity index (χ2v) is 23.1. The van der Waals surface area contributed by atoms with E-state index in [9.17, 15) is 0 Å². The summed E-state index contributed by atoms with van der Waals surface area (Å²) in [6, 6.07) is 63.3. The number of rotatable bonds is 4. The van der Waals surface area contributed by atoms with Gasteiger partial charge in [0.05, 0.1) is 57.0 Å². The van der Waals surface area contributed by atoms with Gasteiger partial charge in [-0.05, 0) is 188 Å². The van der Waals surface area contributed by atoms with Crippen LogP contribution >= 0.6 is 54.5 Å². The lowest BCUT2D eigenvalue weighted by Crippen LogP contribution is -2.41. The zero-order valence-corrected chi connectivity index (χ0v) is 47.1. The molecule has 0 unspecified atom stereocenters. The monoisotopic (exact) mass is 1230 g/mol. The highest BCUT2D eigenvalue weighted by Gasteiger charge is 2.51. The summed E-state index contributed by atoms with van der Waals surface area (Å²) in [7, 11) is -0.366. The van der Waals surface area contributed by atoms with Crippen LogP contribution in [0.1, 0.15) is 27.7 Å². The Morgan fingerprint density at radius 1 is 0.421 bits per heavy atom. The highest BCUT2D eigenvalue weighted by Crippen LogP contribution is 2.40. The molecule has 0 saturated carbocycles. The van der Waals surface area contributed by atoms with Crippen molar-refractivity contribution in [3.63, 3.8) is 0 Å². The number of hydrogen-bond acceptors (Lipinski definition) is 6.